The Morgan fingerprint density at radius 3 is 2.86 bits per heavy atom. The third-order valence-electron chi connectivity index (χ3n) is 0.580. The SMILES string of the molecule is CNCCOC[O]. The molecule has 1 radical (unpaired) electrons. The van der Waals surface area contributed by atoms with Crippen molar-refractivity contribution in [3.63, 3.8) is 0 Å². The van der Waals surface area contributed by atoms with Crippen LogP contribution in [-0.4, -0.2) is 27.0 Å². The Morgan fingerprint density at radius 1 is 1.71 bits per heavy atom. The van der Waals surface area contributed by atoms with Gasteiger partial charge >= 0.3 is 0 Å². The second-order valence-electron chi connectivity index (χ2n) is 1.13. The van der Waals surface area contributed by atoms with Gasteiger partial charge in [0.15, 0.2) is 6.79 Å². The van der Waals surface area contributed by atoms with E-state index in [1.54, 1.807) is 0 Å². The number of likely N-dealkylation sites (N-methyl/N-ethyl adjacent to an activating group) is 1. The van der Waals surface area contributed by atoms with E-state index in [4.69, 9.17) is 0 Å². The summed E-state index contributed by atoms with van der Waals surface area (Å²) in [5.74, 6) is 0. The summed E-state index contributed by atoms with van der Waals surface area (Å²) in [5, 5.41) is 12.4. The minimum Gasteiger partial charge on any atom is -0.351 e. The zero-order chi connectivity index (χ0) is 5.54. The highest BCUT2D eigenvalue weighted by molar-refractivity contribution is 4.31. The molecule has 0 saturated heterocycles. The summed E-state index contributed by atoms with van der Waals surface area (Å²) in [6.07, 6.45) is 0. The number of hydrogen-bond acceptors (Lipinski definition) is 2. The maximum atomic E-state index is 9.55. The van der Waals surface area contributed by atoms with E-state index in [9.17, 15) is 5.11 Å². The summed E-state index contributed by atoms with van der Waals surface area (Å²) in [4.78, 5) is 0. The zero-order valence-corrected chi connectivity index (χ0v) is 4.44. The van der Waals surface area contributed by atoms with Crippen LogP contribution in [0.3, 0.4) is 0 Å². The predicted molar refractivity (Wildman–Crippen MR) is 25.4 cm³/mol. The predicted octanol–water partition coefficient (Wildman–Crippen LogP) is -0.390. The van der Waals surface area contributed by atoms with Crippen molar-refractivity contribution in [3.05, 3.63) is 0 Å². The average Bonchev–Trinajstić information content (AvgIpc) is 1.69. The molecule has 0 fully saturated rings. The number of nitrogens with one attached hydrogen (secondary N) is 1. The normalized spacial score (nSPS) is 9.43. The van der Waals surface area contributed by atoms with E-state index in [1.165, 1.54) is 0 Å². The van der Waals surface area contributed by atoms with Gasteiger partial charge in [0.1, 0.15) is 0 Å². The molecule has 0 spiro atoms. The van der Waals surface area contributed by atoms with Gasteiger partial charge in [-0.1, -0.05) is 0 Å². The van der Waals surface area contributed by atoms with Crippen molar-refractivity contribution in [2.24, 2.45) is 0 Å². The number of rotatable bonds is 4. The molecule has 0 aliphatic carbocycles. The fraction of sp³-hybridized carbons (Fsp3) is 1.00. The third kappa shape index (κ3) is 5.88. The second-order valence-corrected chi connectivity index (χ2v) is 1.13. The fourth-order valence-corrected chi connectivity index (χ4v) is 0.233. The average molecular weight is 104 g/mol. The Labute approximate surface area is 43.3 Å². The van der Waals surface area contributed by atoms with E-state index in [1.807, 2.05) is 7.05 Å². The van der Waals surface area contributed by atoms with Crippen molar-refractivity contribution >= 4 is 0 Å². The third-order valence-corrected chi connectivity index (χ3v) is 0.580. The highest BCUT2D eigenvalue weighted by atomic mass is 16.6. The first-order chi connectivity index (χ1) is 3.41. The molecular weight excluding hydrogens is 94.0 g/mol. The van der Waals surface area contributed by atoms with Gasteiger partial charge in [-0.15, -0.1) is 0 Å². The van der Waals surface area contributed by atoms with Gasteiger partial charge in [-0.2, -0.15) is 0 Å². The Hall–Kier alpha value is -0.120. The van der Waals surface area contributed by atoms with Crippen LogP contribution in [0.5, 0.6) is 0 Å². The van der Waals surface area contributed by atoms with Gasteiger partial charge in [-0.3, -0.25) is 0 Å². The molecule has 0 heterocycles. The number of ether oxygens (including phenoxy) is 1. The first kappa shape index (κ1) is 6.88. The van der Waals surface area contributed by atoms with Crippen molar-refractivity contribution in [3.8, 4) is 0 Å². The first-order valence-electron chi connectivity index (χ1n) is 2.22. The highest BCUT2D eigenvalue weighted by Gasteiger charge is 1.78. The topological polar surface area (TPSA) is 41.2 Å². The highest BCUT2D eigenvalue weighted by Crippen LogP contribution is 1.65. The Morgan fingerprint density at radius 2 is 2.43 bits per heavy atom. The monoisotopic (exact) mass is 104 g/mol. The standard InChI is InChI=1S/C4H10NO2/c1-5-2-3-7-4-6/h5H,2-4H2,1H3. The van der Waals surface area contributed by atoms with Crippen LogP contribution in [0.2, 0.25) is 0 Å². The molecule has 0 bridgehead atoms. The molecule has 1 N–H and O–H groups in total. The summed E-state index contributed by atoms with van der Waals surface area (Å²) >= 11 is 0. The van der Waals surface area contributed by atoms with Crippen molar-refractivity contribution in [2.45, 2.75) is 0 Å². The summed E-state index contributed by atoms with van der Waals surface area (Å²) < 4.78 is 4.46. The van der Waals surface area contributed by atoms with Gasteiger partial charge in [-0.05, 0) is 7.05 Å². The summed E-state index contributed by atoms with van der Waals surface area (Å²) in [7, 11) is 1.81. The summed E-state index contributed by atoms with van der Waals surface area (Å²) in [6.45, 7) is 0.837. The zero-order valence-electron chi connectivity index (χ0n) is 4.44. The molecule has 3 heteroatoms. The molecule has 0 aliphatic rings. The summed E-state index contributed by atoms with van der Waals surface area (Å²) in [6, 6.07) is 0. The minimum absolute atomic E-state index is 0.429. The van der Waals surface area contributed by atoms with E-state index in [0.29, 0.717) is 6.61 Å². The second kappa shape index (κ2) is 5.88. The van der Waals surface area contributed by atoms with Crippen molar-refractivity contribution < 1.29 is 9.84 Å². The van der Waals surface area contributed by atoms with Crippen molar-refractivity contribution in [1.29, 1.82) is 0 Å². The number of hydrogen-bond donors (Lipinski definition) is 1. The molecule has 0 unspecified atom stereocenters. The maximum Gasteiger partial charge on any atom is 0.180 e. The molecule has 0 atom stereocenters. The Bertz CT molecular complexity index is 28.9. The lowest BCUT2D eigenvalue weighted by Crippen LogP contribution is -2.13. The first-order valence-corrected chi connectivity index (χ1v) is 2.22. The van der Waals surface area contributed by atoms with E-state index >= 15 is 0 Å². The molecule has 0 aromatic heterocycles. The smallest absolute Gasteiger partial charge is 0.180 e. The van der Waals surface area contributed by atoms with E-state index in [2.05, 4.69) is 10.1 Å². The van der Waals surface area contributed by atoms with E-state index in [0.717, 1.165) is 6.54 Å². The minimum atomic E-state index is -0.429. The lowest BCUT2D eigenvalue weighted by molar-refractivity contribution is -0.0417. The van der Waals surface area contributed by atoms with Crippen molar-refractivity contribution in [2.75, 3.05) is 27.0 Å². The molecule has 0 aromatic carbocycles. The fourth-order valence-electron chi connectivity index (χ4n) is 0.233. The molecule has 0 aliphatic heterocycles. The van der Waals surface area contributed by atoms with Crippen LogP contribution in [0.25, 0.3) is 0 Å². The molecule has 3 nitrogen and oxygen atoms in total. The summed E-state index contributed by atoms with van der Waals surface area (Å²) in [5.41, 5.74) is 0. The molecule has 0 amide bonds. The molecule has 7 heavy (non-hydrogen) atoms. The molecular formula is C4H10NO2. The van der Waals surface area contributed by atoms with Gasteiger partial charge in [0.05, 0.1) is 6.61 Å². The maximum absolute atomic E-state index is 9.55. The van der Waals surface area contributed by atoms with Crippen molar-refractivity contribution in [1.82, 2.24) is 5.32 Å². The van der Waals surface area contributed by atoms with Gasteiger partial charge < -0.3 is 10.1 Å². The Kier molecular flexibility index (Phi) is 5.78. The van der Waals surface area contributed by atoms with E-state index < -0.39 is 6.79 Å². The molecule has 0 saturated carbocycles. The van der Waals surface area contributed by atoms with Gasteiger partial charge in [-0.25, -0.2) is 5.11 Å². The molecule has 0 rings (SSSR count). The van der Waals surface area contributed by atoms with Crippen LogP contribution in [-0.2, 0) is 9.84 Å². The van der Waals surface area contributed by atoms with E-state index in [-0.39, 0.29) is 0 Å². The molecule has 43 valence electrons. The lowest BCUT2D eigenvalue weighted by Gasteiger charge is -1.94. The lowest BCUT2D eigenvalue weighted by atomic mass is 10.7. The van der Waals surface area contributed by atoms with Gasteiger partial charge in [0.2, 0.25) is 0 Å². The Balaban J connectivity index is 2.45. The van der Waals surface area contributed by atoms with Crippen LogP contribution < -0.4 is 5.32 Å². The van der Waals surface area contributed by atoms with Crippen LogP contribution in [0.4, 0.5) is 0 Å². The van der Waals surface area contributed by atoms with Crippen LogP contribution >= 0.6 is 0 Å². The largest absolute Gasteiger partial charge is 0.351 e. The van der Waals surface area contributed by atoms with Crippen LogP contribution in [0, 0.1) is 0 Å². The van der Waals surface area contributed by atoms with Crippen LogP contribution in [0.1, 0.15) is 0 Å². The van der Waals surface area contributed by atoms with Crippen LogP contribution in [0.15, 0.2) is 0 Å². The quantitative estimate of drug-likeness (QED) is 0.390. The molecule has 0 aromatic rings. The van der Waals surface area contributed by atoms with Gasteiger partial charge in [0, 0.05) is 6.54 Å². The van der Waals surface area contributed by atoms with Gasteiger partial charge in [0.25, 0.3) is 0 Å².